The molecule has 2 aliphatic heterocycles. The van der Waals surface area contributed by atoms with Crippen LogP contribution in [-0.2, 0) is 0 Å². The molecule has 0 saturated carbocycles. The zero-order valence-electron chi connectivity index (χ0n) is 11.3. The van der Waals surface area contributed by atoms with E-state index in [1.807, 2.05) is 0 Å². The largest absolute Gasteiger partial charge is 0.311 e. The minimum atomic E-state index is 0.735. The molecule has 1 atom stereocenters. The van der Waals surface area contributed by atoms with E-state index in [1.165, 1.54) is 57.1 Å². The molecule has 100 valence electrons. The van der Waals surface area contributed by atoms with Crippen LogP contribution in [0.25, 0.3) is 0 Å². The summed E-state index contributed by atoms with van der Waals surface area (Å²) in [7, 11) is 4.38. The third-order valence-electron chi connectivity index (χ3n) is 3.81. The van der Waals surface area contributed by atoms with E-state index >= 15 is 0 Å². The molecule has 0 aromatic rings. The number of hydrogen-bond donors (Lipinski definition) is 1. The maximum absolute atomic E-state index is 3.64. The summed E-state index contributed by atoms with van der Waals surface area (Å²) in [6, 6.07) is 0.735. The van der Waals surface area contributed by atoms with Crippen LogP contribution in [0, 0.1) is 5.92 Å². The van der Waals surface area contributed by atoms with Crippen LogP contribution < -0.4 is 5.32 Å². The summed E-state index contributed by atoms with van der Waals surface area (Å²) in [5, 5.41) is 3.64. The molecule has 3 nitrogen and oxygen atoms in total. The number of likely N-dealkylation sites (tertiary alicyclic amines) is 1. The summed E-state index contributed by atoms with van der Waals surface area (Å²) < 4.78 is 0. The fraction of sp³-hybridized carbons (Fsp3) is 1.00. The van der Waals surface area contributed by atoms with E-state index in [0.29, 0.717) is 0 Å². The average Bonchev–Trinajstić information content (AvgIpc) is 2.32. The van der Waals surface area contributed by atoms with Gasteiger partial charge in [0.25, 0.3) is 0 Å². The van der Waals surface area contributed by atoms with Gasteiger partial charge in [0.2, 0.25) is 0 Å². The van der Waals surface area contributed by atoms with Gasteiger partial charge in [-0.25, -0.2) is 0 Å². The van der Waals surface area contributed by atoms with Gasteiger partial charge in [-0.15, -0.1) is 0 Å². The van der Waals surface area contributed by atoms with E-state index in [0.717, 1.165) is 12.0 Å². The molecule has 0 spiro atoms. The highest BCUT2D eigenvalue weighted by Gasteiger charge is 2.22. The van der Waals surface area contributed by atoms with E-state index in [1.54, 1.807) is 0 Å². The van der Waals surface area contributed by atoms with Crippen LogP contribution in [0.2, 0.25) is 0 Å². The molecule has 2 heterocycles. The monoisotopic (exact) mass is 257 g/mol. The first-order valence-electron chi connectivity index (χ1n) is 6.92. The van der Waals surface area contributed by atoms with Crippen molar-refractivity contribution in [3.63, 3.8) is 0 Å². The van der Waals surface area contributed by atoms with Gasteiger partial charge in [0.15, 0.2) is 0 Å². The molecule has 2 aliphatic rings. The molecule has 0 amide bonds. The van der Waals surface area contributed by atoms with E-state index in [-0.39, 0.29) is 0 Å². The van der Waals surface area contributed by atoms with Gasteiger partial charge < -0.3 is 15.1 Å². The van der Waals surface area contributed by atoms with Crippen molar-refractivity contribution >= 4 is 11.8 Å². The van der Waals surface area contributed by atoms with Crippen LogP contribution in [0.15, 0.2) is 0 Å². The lowest BCUT2D eigenvalue weighted by Crippen LogP contribution is -2.48. The predicted octanol–water partition coefficient (Wildman–Crippen LogP) is 0.965. The quantitative estimate of drug-likeness (QED) is 0.808. The lowest BCUT2D eigenvalue weighted by molar-refractivity contribution is 0.153. The van der Waals surface area contributed by atoms with Crippen molar-refractivity contribution in [2.45, 2.75) is 18.9 Å². The molecular weight excluding hydrogens is 230 g/mol. The lowest BCUT2D eigenvalue weighted by Gasteiger charge is -2.36. The first-order valence-corrected chi connectivity index (χ1v) is 8.07. The van der Waals surface area contributed by atoms with Crippen LogP contribution in [0.5, 0.6) is 0 Å². The van der Waals surface area contributed by atoms with Crippen molar-refractivity contribution in [3.8, 4) is 0 Å². The highest BCUT2D eigenvalue weighted by Crippen LogP contribution is 2.18. The molecule has 2 saturated heterocycles. The van der Waals surface area contributed by atoms with Gasteiger partial charge in [-0.05, 0) is 45.9 Å². The minimum absolute atomic E-state index is 0.735. The maximum atomic E-state index is 3.64. The molecule has 2 fully saturated rings. The molecule has 2 rings (SSSR count). The number of hydrogen-bond acceptors (Lipinski definition) is 4. The smallest absolute Gasteiger partial charge is 0.0285 e. The molecular formula is C13H27N3S. The highest BCUT2D eigenvalue weighted by atomic mass is 32.2. The van der Waals surface area contributed by atoms with Gasteiger partial charge in [0.1, 0.15) is 0 Å². The summed E-state index contributed by atoms with van der Waals surface area (Å²) in [5.41, 5.74) is 0. The van der Waals surface area contributed by atoms with Gasteiger partial charge in [-0.1, -0.05) is 0 Å². The molecule has 0 radical (unpaired) electrons. The number of rotatable bonds is 4. The Labute approximate surface area is 110 Å². The van der Waals surface area contributed by atoms with Gasteiger partial charge in [0.05, 0.1) is 0 Å². The van der Waals surface area contributed by atoms with Crippen molar-refractivity contribution in [2.24, 2.45) is 5.92 Å². The van der Waals surface area contributed by atoms with Crippen molar-refractivity contribution < 1.29 is 0 Å². The van der Waals surface area contributed by atoms with Gasteiger partial charge in [-0.2, -0.15) is 11.8 Å². The number of piperidine rings is 1. The summed E-state index contributed by atoms with van der Waals surface area (Å²) in [4.78, 5) is 5.00. The SMILES string of the molecule is CN(C)CC1CCN(CC2CSCCN2)CC1. The van der Waals surface area contributed by atoms with Crippen molar-refractivity contribution in [2.75, 3.05) is 58.3 Å². The van der Waals surface area contributed by atoms with E-state index in [2.05, 4.69) is 41.0 Å². The Kier molecular flexibility index (Phi) is 5.60. The Morgan fingerprint density at radius 2 is 2.06 bits per heavy atom. The molecule has 0 aromatic heterocycles. The zero-order chi connectivity index (χ0) is 12.1. The summed E-state index contributed by atoms with van der Waals surface area (Å²) in [6.45, 7) is 6.35. The molecule has 0 bridgehead atoms. The lowest BCUT2D eigenvalue weighted by atomic mass is 9.96. The van der Waals surface area contributed by atoms with Crippen molar-refractivity contribution in [1.29, 1.82) is 0 Å². The summed E-state index contributed by atoms with van der Waals surface area (Å²) in [6.07, 6.45) is 2.77. The second-order valence-electron chi connectivity index (χ2n) is 5.73. The number of thioether (sulfide) groups is 1. The molecule has 4 heteroatoms. The average molecular weight is 257 g/mol. The topological polar surface area (TPSA) is 18.5 Å². The van der Waals surface area contributed by atoms with Crippen molar-refractivity contribution in [3.05, 3.63) is 0 Å². The van der Waals surface area contributed by atoms with Crippen LogP contribution in [0.4, 0.5) is 0 Å². The first kappa shape index (κ1) is 13.7. The molecule has 1 unspecified atom stereocenters. The normalized spacial score (nSPS) is 28.8. The molecule has 1 N–H and O–H groups in total. The fourth-order valence-corrected chi connectivity index (χ4v) is 3.85. The molecule has 17 heavy (non-hydrogen) atoms. The van der Waals surface area contributed by atoms with Crippen LogP contribution in [0.1, 0.15) is 12.8 Å². The third-order valence-corrected chi connectivity index (χ3v) is 4.94. The van der Waals surface area contributed by atoms with Crippen LogP contribution in [0.3, 0.4) is 0 Å². The van der Waals surface area contributed by atoms with E-state index in [4.69, 9.17) is 0 Å². The van der Waals surface area contributed by atoms with Gasteiger partial charge in [0, 0.05) is 37.2 Å². The Morgan fingerprint density at radius 3 is 2.65 bits per heavy atom. The number of nitrogens with one attached hydrogen (secondary N) is 1. The summed E-state index contributed by atoms with van der Waals surface area (Å²) in [5.74, 6) is 3.52. The predicted molar refractivity (Wildman–Crippen MR) is 76.8 cm³/mol. The maximum Gasteiger partial charge on any atom is 0.0285 e. The fourth-order valence-electron chi connectivity index (χ4n) is 2.92. The highest BCUT2D eigenvalue weighted by molar-refractivity contribution is 7.99. The van der Waals surface area contributed by atoms with E-state index < -0.39 is 0 Å². The Morgan fingerprint density at radius 1 is 1.29 bits per heavy atom. The van der Waals surface area contributed by atoms with Gasteiger partial charge >= 0.3 is 0 Å². The number of nitrogens with zero attached hydrogens (tertiary/aromatic N) is 2. The second kappa shape index (κ2) is 6.98. The standard InChI is InChI=1S/C13H27N3S/c1-15(2)9-12-3-6-16(7-4-12)10-13-11-17-8-5-14-13/h12-14H,3-11H2,1-2H3. The van der Waals surface area contributed by atoms with Gasteiger partial charge in [-0.3, -0.25) is 0 Å². The van der Waals surface area contributed by atoms with Crippen LogP contribution >= 0.6 is 11.8 Å². The first-order chi connectivity index (χ1) is 8.24. The Balaban J connectivity index is 1.64. The third kappa shape index (κ3) is 4.78. The Bertz CT molecular complexity index is 209. The molecule has 0 aliphatic carbocycles. The van der Waals surface area contributed by atoms with Crippen LogP contribution in [-0.4, -0.2) is 74.2 Å². The zero-order valence-corrected chi connectivity index (χ0v) is 12.1. The van der Waals surface area contributed by atoms with Crippen molar-refractivity contribution in [1.82, 2.24) is 15.1 Å². The molecule has 0 aromatic carbocycles. The minimum Gasteiger partial charge on any atom is -0.311 e. The van der Waals surface area contributed by atoms with E-state index in [9.17, 15) is 0 Å². The summed E-state index contributed by atoms with van der Waals surface area (Å²) >= 11 is 2.10. The second-order valence-corrected chi connectivity index (χ2v) is 6.88. The Hall–Kier alpha value is 0.230.